The molecule has 0 aliphatic heterocycles. The largest absolute Gasteiger partial charge is 0.480 e. The molecule has 0 fully saturated rings. The topological polar surface area (TPSA) is 96.6 Å². The lowest BCUT2D eigenvalue weighted by Crippen LogP contribution is -2.48. The second-order valence-electron chi connectivity index (χ2n) is 5.18. The highest BCUT2D eigenvalue weighted by Crippen LogP contribution is 2.34. The second kappa shape index (κ2) is 5.01. The Labute approximate surface area is 121 Å². The van der Waals surface area contributed by atoms with E-state index in [1.165, 1.54) is 12.3 Å². The number of carbonyl (C=O) groups is 1. The summed E-state index contributed by atoms with van der Waals surface area (Å²) in [5.74, 6) is -0.986. The fraction of sp³-hybridized carbons (Fsp3) is 0.286. The van der Waals surface area contributed by atoms with Gasteiger partial charge in [0.1, 0.15) is 11.1 Å². The average Bonchev–Trinajstić information content (AvgIpc) is 2.44. The van der Waals surface area contributed by atoms with Gasteiger partial charge in [0.15, 0.2) is 0 Å². The molecule has 0 radical (unpaired) electrons. The molecule has 1 aromatic heterocycles. The van der Waals surface area contributed by atoms with Crippen LogP contribution < -0.4 is 4.90 Å². The highest BCUT2D eigenvalue weighted by atomic mass is 16.6. The Bertz CT molecular complexity index is 727. The zero-order valence-corrected chi connectivity index (χ0v) is 11.9. The van der Waals surface area contributed by atoms with Crippen LogP contribution in [-0.4, -0.2) is 33.6 Å². The van der Waals surface area contributed by atoms with Crippen molar-refractivity contribution in [1.29, 1.82) is 0 Å². The van der Waals surface area contributed by atoms with Crippen LogP contribution in [0.5, 0.6) is 0 Å². The van der Waals surface area contributed by atoms with Crippen molar-refractivity contribution in [1.82, 2.24) is 4.98 Å². The number of nitro groups is 1. The van der Waals surface area contributed by atoms with Gasteiger partial charge < -0.3 is 10.0 Å². The number of carboxylic acids is 1. The van der Waals surface area contributed by atoms with Crippen LogP contribution in [0.3, 0.4) is 0 Å². The highest BCUT2D eigenvalue weighted by Gasteiger charge is 2.33. The van der Waals surface area contributed by atoms with Crippen molar-refractivity contribution in [2.45, 2.75) is 19.4 Å². The molecule has 1 N–H and O–H groups in total. The molecular weight excluding hydrogens is 274 g/mol. The summed E-state index contributed by atoms with van der Waals surface area (Å²) in [6, 6.07) is 6.25. The minimum atomic E-state index is -1.15. The lowest BCUT2D eigenvalue weighted by atomic mass is 10.0. The van der Waals surface area contributed by atoms with Gasteiger partial charge in [-0.25, -0.2) is 9.78 Å². The van der Waals surface area contributed by atoms with E-state index in [0.717, 1.165) is 0 Å². The van der Waals surface area contributed by atoms with Crippen LogP contribution >= 0.6 is 0 Å². The lowest BCUT2D eigenvalue weighted by Gasteiger charge is -2.34. The maximum absolute atomic E-state index is 11.4. The van der Waals surface area contributed by atoms with Crippen molar-refractivity contribution >= 4 is 28.2 Å². The van der Waals surface area contributed by atoms with Gasteiger partial charge in [-0.1, -0.05) is 0 Å². The molecule has 0 aliphatic carbocycles. The van der Waals surface area contributed by atoms with E-state index in [-0.39, 0.29) is 11.2 Å². The maximum Gasteiger partial charge on any atom is 0.328 e. The van der Waals surface area contributed by atoms with Gasteiger partial charge in [-0.15, -0.1) is 0 Å². The van der Waals surface area contributed by atoms with Crippen molar-refractivity contribution in [2.75, 3.05) is 11.9 Å². The number of anilines is 1. The van der Waals surface area contributed by atoms with E-state index < -0.39 is 16.4 Å². The molecule has 21 heavy (non-hydrogen) atoms. The summed E-state index contributed by atoms with van der Waals surface area (Å²) in [5, 5.41) is 20.9. The van der Waals surface area contributed by atoms with Crippen LogP contribution in [0.15, 0.2) is 30.5 Å². The summed E-state index contributed by atoms with van der Waals surface area (Å²) < 4.78 is 0. The minimum Gasteiger partial charge on any atom is -0.480 e. The monoisotopic (exact) mass is 289 g/mol. The van der Waals surface area contributed by atoms with Crippen molar-refractivity contribution in [3.63, 3.8) is 0 Å². The number of aromatic nitrogens is 1. The zero-order valence-electron chi connectivity index (χ0n) is 11.9. The van der Waals surface area contributed by atoms with Gasteiger partial charge in [0.2, 0.25) is 0 Å². The summed E-state index contributed by atoms with van der Waals surface area (Å²) in [6.07, 6.45) is 1.47. The molecule has 2 rings (SSSR count). The molecule has 0 saturated heterocycles. The summed E-state index contributed by atoms with van der Waals surface area (Å²) in [6.45, 7) is 3.14. The van der Waals surface area contributed by atoms with Crippen LogP contribution in [0, 0.1) is 10.1 Å². The number of carboxylic acid groups (broad SMARTS) is 1. The summed E-state index contributed by atoms with van der Waals surface area (Å²) in [4.78, 5) is 27.6. The number of hydrogen-bond acceptors (Lipinski definition) is 5. The second-order valence-corrected chi connectivity index (χ2v) is 5.18. The minimum absolute atomic E-state index is 0.101. The van der Waals surface area contributed by atoms with E-state index in [0.29, 0.717) is 11.1 Å². The van der Waals surface area contributed by atoms with Gasteiger partial charge in [-0.05, 0) is 32.0 Å². The molecule has 0 aliphatic rings. The van der Waals surface area contributed by atoms with E-state index >= 15 is 0 Å². The quantitative estimate of drug-likeness (QED) is 0.686. The smallest absolute Gasteiger partial charge is 0.328 e. The third-order valence-electron chi connectivity index (χ3n) is 3.65. The predicted octanol–water partition coefficient (Wildman–Crippen LogP) is 2.44. The van der Waals surface area contributed by atoms with E-state index in [4.69, 9.17) is 0 Å². The highest BCUT2D eigenvalue weighted by molar-refractivity contribution is 5.99. The van der Waals surface area contributed by atoms with E-state index in [9.17, 15) is 20.0 Å². The fourth-order valence-corrected chi connectivity index (χ4v) is 2.03. The predicted molar refractivity (Wildman–Crippen MR) is 78.5 cm³/mol. The molecule has 7 heteroatoms. The number of pyridine rings is 1. The van der Waals surface area contributed by atoms with Crippen LogP contribution in [0.2, 0.25) is 0 Å². The number of hydrogen-bond donors (Lipinski definition) is 1. The number of rotatable bonds is 4. The standard InChI is InChI=1S/C14H15N3O4/c1-14(2,13(18)19)16(3)10-6-7-11(17(20)21)12-9(10)5-4-8-15-12/h4-8H,1-3H3,(H,18,19). The maximum atomic E-state index is 11.4. The van der Waals surface area contributed by atoms with Crippen LogP contribution in [0.4, 0.5) is 11.4 Å². The molecule has 0 bridgehead atoms. The Kier molecular flexibility index (Phi) is 3.51. The van der Waals surface area contributed by atoms with Gasteiger partial charge in [-0.3, -0.25) is 10.1 Å². The normalized spacial score (nSPS) is 11.4. The molecule has 0 saturated carbocycles. The molecule has 0 unspecified atom stereocenters. The zero-order chi connectivity index (χ0) is 15.8. The van der Waals surface area contributed by atoms with Gasteiger partial charge in [0, 0.05) is 30.4 Å². The molecule has 1 heterocycles. The third-order valence-corrected chi connectivity index (χ3v) is 3.65. The molecular formula is C14H15N3O4. The SMILES string of the molecule is CN(c1ccc([N+](=O)[O-])c2ncccc12)C(C)(C)C(=O)O. The summed E-state index contributed by atoms with van der Waals surface area (Å²) in [5.41, 5.74) is -0.432. The van der Waals surface area contributed by atoms with Crippen molar-refractivity contribution in [2.24, 2.45) is 0 Å². The number of fused-ring (bicyclic) bond motifs is 1. The Morgan fingerprint density at radius 1 is 1.38 bits per heavy atom. The molecule has 2 aromatic rings. The first-order chi connectivity index (χ1) is 9.76. The van der Waals surface area contributed by atoms with Crippen molar-refractivity contribution in [3.8, 4) is 0 Å². The number of non-ortho nitro benzene ring substituents is 1. The Hall–Kier alpha value is -2.70. The summed E-state index contributed by atoms with van der Waals surface area (Å²) in [7, 11) is 1.64. The van der Waals surface area contributed by atoms with Crippen molar-refractivity contribution < 1.29 is 14.8 Å². The van der Waals surface area contributed by atoms with E-state index in [1.54, 1.807) is 44.0 Å². The Balaban J connectivity index is 2.70. The van der Waals surface area contributed by atoms with Gasteiger partial charge in [0.05, 0.1) is 4.92 Å². The number of benzene rings is 1. The first-order valence-electron chi connectivity index (χ1n) is 6.26. The molecule has 0 atom stereocenters. The number of nitrogens with zero attached hydrogens (tertiary/aromatic N) is 3. The van der Waals surface area contributed by atoms with E-state index in [2.05, 4.69) is 4.98 Å². The molecule has 110 valence electrons. The van der Waals surface area contributed by atoms with Gasteiger partial charge >= 0.3 is 5.97 Å². The van der Waals surface area contributed by atoms with E-state index in [1.807, 2.05) is 0 Å². The number of aliphatic carboxylic acids is 1. The number of likely N-dealkylation sites (N-methyl/N-ethyl adjacent to an activating group) is 1. The van der Waals surface area contributed by atoms with Crippen LogP contribution in [0.1, 0.15) is 13.8 Å². The molecule has 7 nitrogen and oxygen atoms in total. The Morgan fingerprint density at radius 2 is 2.05 bits per heavy atom. The number of nitro benzene ring substituents is 1. The van der Waals surface area contributed by atoms with Crippen LogP contribution in [0.25, 0.3) is 10.9 Å². The van der Waals surface area contributed by atoms with Gasteiger partial charge in [0.25, 0.3) is 5.69 Å². The first-order valence-corrected chi connectivity index (χ1v) is 6.26. The molecule has 1 aromatic carbocycles. The lowest BCUT2D eigenvalue weighted by molar-refractivity contribution is -0.383. The van der Waals surface area contributed by atoms with Crippen molar-refractivity contribution in [3.05, 3.63) is 40.6 Å². The van der Waals surface area contributed by atoms with Crippen LogP contribution in [-0.2, 0) is 4.79 Å². The Morgan fingerprint density at radius 3 is 2.62 bits per heavy atom. The average molecular weight is 289 g/mol. The first kappa shape index (κ1) is 14.7. The molecule has 0 amide bonds. The molecule has 0 spiro atoms. The summed E-state index contributed by atoms with van der Waals surface area (Å²) >= 11 is 0. The third kappa shape index (κ3) is 2.37. The van der Waals surface area contributed by atoms with Gasteiger partial charge in [-0.2, -0.15) is 0 Å². The fourth-order valence-electron chi connectivity index (χ4n) is 2.03.